The second kappa shape index (κ2) is 6.10. The fraction of sp³-hybridized carbons (Fsp3) is 0.556. The van der Waals surface area contributed by atoms with Crippen molar-refractivity contribution in [1.29, 1.82) is 0 Å². The Morgan fingerprint density at radius 2 is 2.20 bits per heavy atom. The Morgan fingerprint density at radius 1 is 1.47 bits per heavy atom. The maximum atomic E-state index is 11.5. The molecule has 4 nitrogen and oxygen atoms in total. The number of halogens is 2. The fourth-order valence-corrected chi connectivity index (χ4v) is 1.41. The number of nitrogens with zero attached hydrogens (tertiary/aromatic N) is 2. The van der Waals surface area contributed by atoms with Crippen LogP contribution in [0.1, 0.15) is 12.8 Å². The van der Waals surface area contributed by atoms with E-state index in [1.54, 1.807) is 7.11 Å². The molecule has 0 saturated carbocycles. The molecule has 0 amide bonds. The second-order valence-electron chi connectivity index (χ2n) is 3.05. The molecule has 1 rings (SSSR count). The number of methoxy groups -OCH3 is 1. The van der Waals surface area contributed by atoms with Crippen molar-refractivity contribution in [3.05, 3.63) is 26.9 Å². The average Bonchev–Trinajstić information content (AvgIpc) is 2.24. The molecule has 0 spiro atoms. The van der Waals surface area contributed by atoms with Crippen LogP contribution in [0, 0.1) is 0 Å². The molecule has 0 aliphatic carbocycles. The quantitative estimate of drug-likeness (QED) is 0.593. The van der Waals surface area contributed by atoms with Crippen molar-refractivity contribution in [2.45, 2.75) is 19.4 Å². The predicted octanol–water partition coefficient (Wildman–Crippen LogP) is 1.98. The van der Waals surface area contributed by atoms with E-state index in [1.165, 1.54) is 10.9 Å². The van der Waals surface area contributed by atoms with Crippen molar-refractivity contribution >= 4 is 23.2 Å². The SMILES string of the molecule is COCCCCn1cnc(Cl)c(Cl)c1=O. The van der Waals surface area contributed by atoms with Crippen molar-refractivity contribution < 1.29 is 4.74 Å². The zero-order valence-electron chi connectivity index (χ0n) is 8.37. The van der Waals surface area contributed by atoms with Gasteiger partial charge in [0.1, 0.15) is 5.02 Å². The van der Waals surface area contributed by atoms with Crippen molar-refractivity contribution in [1.82, 2.24) is 9.55 Å². The molecule has 15 heavy (non-hydrogen) atoms. The van der Waals surface area contributed by atoms with E-state index >= 15 is 0 Å². The van der Waals surface area contributed by atoms with Crippen LogP contribution in [0.5, 0.6) is 0 Å². The third kappa shape index (κ3) is 3.48. The van der Waals surface area contributed by atoms with E-state index in [2.05, 4.69) is 4.98 Å². The molecule has 0 N–H and O–H groups in total. The predicted molar refractivity (Wildman–Crippen MR) is 59.6 cm³/mol. The molecule has 0 fully saturated rings. The molecule has 0 aromatic carbocycles. The molecule has 0 aliphatic rings. The van der Waals surface area contributed by atoms with Crippen LogP contribution in [0.4, 0.5) is 0 Å². The number of unbranched alkanes of at least 4 members (excludes halogenated alkanes) is 1. The summed E-state index contributed by atoms with van der Waals surface area (Å²) in [5.74, 6) is 0. The van der Waals surface area contributed by atoms with E-state index in [0.29, 0.717) is 13.2 Å². The first-order valence-electron chi connectivity index (χ1n) is 4.56. The summed E-state index contributed by atoms with van der Waals surface area (Å²) in [5.41, 5.74) is -0.297. The highest BCUT2D eigenvalue weighted by atomic mass is 35.5. The molecule has 0 unspecified atom stereocenters. The Balaban J connectivity index is 2.63. The standard InChI is InChI=1S/C9H12Cl2N2O2/c1-15-5-3-2-4-13-6-12-8(11)7(10)9(13)14/h6H,2-5H2,1H3. The lowest BCUT2D eigenvalue weighted by Crippen LogP contribution is -2.21. The first kappa shape index (κ1) is 12.5. The van der Waals surface area contributed by atoms with E-state index in [4.69, 9.17) is 27.9 Å². The zero-order chi connectivity index (χ0) is 11.3. The van der Waals surface area contributed by atoms with Crippen molar-refractivity contribution in [3.63, 3.8) is 0 Å². The fourth-order valence-electron chi connectivity index (χ4n) is 1.13. The zero-order valence-corrected chi connectivity index (χ0v) is 9.88. The highest BCUT2D eigenvalue weighted by molar-refractivity contribution is 6.40. The molecule has 1 heterocycles. The van der Waals surface area contributed by atoms with Crippen LogP contribution in [0.3, 0.4) is 0 Å². The maximum absolute atomic E-state index is 11.5. The minimum absolute atomic E-state index is 0.0223. The van der Waals surface area contributed by atoms with Gasteiger partial charge >= 0.3 is 0 Å². The first-order valence-corrected chi connectivity index (χ1v) is 5.31. The summed E-state index contributed by atoms with van der Waals surface area (Å²) in [6, 6.07) is 0. The lowest BCUT2D eigenvalue weighted by Gasteiger charge is -2.05. The van der Waals surface area contributed by atoms with Crippen LogP contribution < -0.4 is 5.56 Å². The van der Waals surface area contributed by atoms with Gasteiger partial charge < -0.3 is 4.74 Å². The summed E-state index contributed by atoms with van der Waals surface area (Å²) in [6.07, 6.45) is 3.14. The summed E-state index contributed by atoms with van der Waals surface area (Å²) in [7, 11) is 1.65. The normalized spacial score (nSPS) is 10.6. The van der Waals surface area contributed by atoms with Gasteiger partial charge in [-0.15, -0.1) is 0 Å². The molecule has 0 bridgehead atoms. The molecule has 1 aromatic rings. The molecular weight excluding hydrogens is 239 g/mol. The molecule has 6 heteroatoms. The minimum Gasteiger partial charge on any atom is -0.385 e. The van der Waals surface area contributed by atoms with E-state index in [1.807, 2.05) is 0 Å². The van der Waals surface area contributed by atoms with Gasteiger partial charge in [-0.2, -0.15) is 0 Å². The largest absolute Gasteiger partial charge is 0.385 e. The summed E-state index contributed by atoms with van der Waals surface area (Å²) >= 11 is 11.3. The highest BCUT2D eigenvalue weighted by Gasteiger charge is 2.06. The third-order valence-corrected chi connectivity index (χ3v) is 2.66. The Kier molecular flexibility index (Phi) is 5.08. The van der Waals surface area contributed by atoms with Gasteiger partial charge in [-0.3, -0.25) is 9.36 Å². The van der Waals surface area contributed by atoms with Gasteiger partial charge in [0, 0.05) is 20.3 Å². The maximum Gasteiger partial charge on any atom is 0.273 e. The molecule has 0 atom stereocenters. The molecule has 1 aromatic heterocycles. The Morgan fingerprint density at radius 3 is 2.87 bits per heavy atom. The topological polar surface area (TPSA) is 44.1 Å². The number of aryl methyl sites for hydroxylation is 1. The molecule has 0 radical (unpaired) electrons. The van der Waals surface area contributed by atoms with Crippen molar-refractivity contribution in [3.8, 4) is 0 Å². The van der Waals surface area contributed by atoms with Crippen molar-refractivity contribution in [2.75, 3.05) is 13.7 Å². The van der Waals surface area contributed by atoms with Crippen LogP contribution in [-0.4, -0.2) is 23.3 Å². The molecule has 0 aliphatic heterocycles. The van der Waals surface area contributed by atoms with Gasteiger partial charge in [0.05, 0.1) is 6.33 Å². The van der Waals surface area contributed by atoms with Gasteiger partial charge in [-0.25, -0.2) is 4.98 Å². The smallest absolute Gasteiger partial charge is 0.273 e. The number of hydrogen-bond donors (Lipinski definition) is 0. The average molecular weight is 251 g/mol. The highest BCUT2D eigenvalue weighted by Crippen LogP contribution is 2.12. The minimum atomic E-state index is -0.297. The third-order valence-electron chi connectivity index (χ3n) is 1.94. The summed E-state index contributed by atoms with van der Waals surface area (Å²) in [5, 5.41) is 0.0284. The lowest BCUT2D eigenvalue weighted by atomic mass is 10.3. The van der Waals surface area contributed by atoms with Gasteiger partial charge in [-0.05, 0) is 12.8 Å². The van der Waals surface area contributed by atoms with Crippen LogP contribution >= 0.6 is 23.2 Å². The summed E-state index contributed by atoms with van der Waals surface area (Å²) in [6.45, 7) is 1.26. The van der Waals surface area contributed by atoms with Crippen LogP contribution in [-0.2, 0) is 11.3 Å². The number of rotatable bonds is 5. The number of hydrogen-bond acceptors (Lipinski definition) is 3. The Labute approximate surface area is 97.8 Å². The number of aromatic nitrogens is 2. The van der Waals surface area contributed by atoms with Crippen LogP contribution in [0.15, 0.2) is 11.1 Å². The van der Waals surface area contributed by atoms with Gasteiger partial charge in [-0.1, -0.05) is 23.2 Å². The van der Waals surface area contributed by atoms with E-state index < -0.39 is 0 Å². The van der Waals surface area contributed by atoms with Crippen LogP contribution in [0.2, 0.25) is 10.2 Å². The lowest BCUT2D eigenvalue weighted by molar-refractivity contribution is 0.191. The van der Waals surface area contributed by atoms with Gasteiger partial charge in [0.25, 0.3) is 5.56 Å². The second-order valence-corrected chi connectivity index (χ2v) is 3.78. The van der Waals surface area contributed by atoms with Crippen molar-refractivity contribution in [2.24, 2.45) is 0 Å². The number of ether oxygens (including phenoxy) is 1. The first-order chi connectivity index (χ1) is 7.16. The van der Waals surface area contributed by atoms with Gasteiger partial charge in [0.15, 0.2) is 5.15 Å². The molecule has 84 valence electrons. The van der Waals surface area contributed by atoms with E-state index in [9.17, 15) is 4.79 Å². The molecule has 0 saturated heterocycles. The van der Waals surface area contributed by atoms with E-state index in [0.717, 1.165) is 12.8 Å². The molecular formula is C9H12Cl2N2O2. The monoisotopic (exact) mass is 250 g/mol. The summed E-state index contributed by atoms with van der Waals surface area (Å²) in [4.78, 5) is 15.3. The summed E-state index contributed by atoms with van der Waals surface area (Å²) < 4.78 is 6.35. The van der Waals surface area contributed by atoms with Crippen LogP contribution in [0.25, 0.3) is 0 Å². The van der Waals surface area contributed by atoms with Gasteiger partial charge in [0.2, 0.25) is 0 Å². The Hall–Kier alpha value is -0.580. The van der Waals surface area contributed by atoms with E-state index in [-0.39, 0.29) is 15.7 Å². The Bertz CT molecular complexity index is 379.